The fraction of sp³-hybridized carbons (Fsp3) is 0.350. The lowest BCUT2D eigenvalue weighted by molar-refractivity contribution is -0.118. The number of aryl methyl sites for hydroxylation is 2. The topological polar surface area (TPSA) is 47.6 Å². The summed E-state index contributed by atoms with van der Waals surface area (Å²) in [6.07, 6.45) is 0. The van der Waals surface area contributed by atoms with Gasteiger partial charge in [-0.05, 0) is 61.2 Å². The lowest BCUT2D eigenvalue weighted by Gasteiger charge is -2.11. The summed E-state index contributed by atoms with van der Waals surface area (Å²) in [4.78, 5) is 12.0. The Morgan fingerprint density at radius 2 is 1.75 bits per heavy atom. The number of carbonyl (C=O) groups excluding carboxylic acids is 1. The average Bonchev–Trinajstić information content (AvgIpc) is 2.55. The minimum atomic E-state index is -0.188. The zero-order valence-corrected chi connectivity index (χ0v) is 14.8. The number of hydrogen-bond acceptors (Lipinski definition) is 3. The lowest BCUT2D eigenvalue weighted by atomic mass is 10.1. The molecule has 0 aromatic heterocycles. The molecule has 0 heterocycles. The molecule has 4 nitrogen and oxygen atoms in total. The van der Waals surface area contributed by atoms with Gasteiger partial charge >= 0.3 is 0 Å². The van der Waals surface area contributed by atoms with E-state index in [0.29, 0.717) is 12.5 Å². The van der Waals surface area contributed by atoms with E-state index in [1.165, 1.54) is 0 Å². The first-order valence-electron chi connectivity index (χ1n) is 8.17. The van der Waals surface area contributed by atoms with Crippen molar-refractivity contribution >= 4 is 11.6 Å². The van der Waals surface area contributed by atoms with Gasteiger partial charge in [-0.25, -0.2) is 0 Å². The van der Waals surface area contributed by atoms with Gasteiger partial charge in [-0.3, -0.25) is 4.79 Å². The van der Waals surface area contributed by atoms with E-state index >= 15 is 0 Å². The average molecular weight is 327 g/mol. The number of hydrogen-bond donors (Lipinski definition) is 1. The third-order valence-corrected chi connectivity index (χ3v) is 3.42. The number of carbonyl (C=O) groups is 1. The molecule has 24 heavy (non-hydrogen) atoms. The van der Waals surface area contributed by atoms with E-state index in [9.17, 15) is 4.79 Å². The first-order chi connectivity index (χ1) is 11.4. The quantitative estimate of drug-likeness (QED) is 0.822. The van der Waals surface area contributed by atoms with Crippen molar-refractivity contribution < 1.29 is 14.3 Å². The molecule has 0 spiro atoms. The Hall–Kier alpha value is -2.49. The van der Waals surface area contributed by atoms with Crippen LogP contribution in [0.15, 0.2) is 42.5 Å². The van der Waals surface area contributed by atoms with Crippen LogP contribution in [-0.4, -0.2) is 19.1 Å². The minimum absolute atomic E-state index is 0.0180. The lowest BCUT2D eigenvalue weighted by Crippen LogP contribution is -2.20. The number of rotatable bonds is 7. The largest absolute Gasteiger partial charge is 0.493 e. The van der Waals surface area contributed by atoms with Crippen LogP contribution in [0.1, 0.15) is 25.0 Å². The van der Waals surface area contributed by atoms with Crippen LogP contribution in [-0.2, 0) is 4.79 Å². The summed E-state index contributed by atoms with van der Waals surface area (Å²) in [5.74, 6) is 1.83. The van der Waals surface area contributed by atoms with Crippen molar-refractivity contribution in [2.75, 3.05) is 18.5 Å². The van der Waals surface area contributed by atoms with Crippen LogP contribution in [0.3, 0.4) is 0 Å². The van der Waals surface area contributed by atoms with Gasteiger partial charge in [-0.1, -0.05) is 26.0 Å². The van der Waals surface area contributed by atoms with Crippen molar-refractivity contribution in [1.29, 1.82) is 0 Å². The predicted molar refractivity (Wildman–Crippen MR) is 96.8 cm³/mol. The van der Waals surface area contributed by atoms with Gasteiger partial charge in [0.2, 0.25) is 0 Å². The van der Waals surface area contributed by atoms with E-state index in [1.807, 2.05) is 56.3 Å². The highest BCUT2D eigenvalue weighted by Crippen LogP contribution is 2.19. The van der Waals surface area contributed by atoms with Crippen LogP contribution in [0.4, 0.5) is 5.69 Å². The molecule has 0 unspecified atom stereocenters. The Bertz CT molecular complexity index is 678. The summed E-state index contributed by atoms with van der Waals surface area (Å²) in [5.41, 5.74) is 2.84. The van der Waals surface area contributed by atoms with E-state index in [0.717, 1.165) is 28.3 Å². The standard InChI is InChI=1S/C20H25NO3/c1-14(2)12-23-18-9-7-17(8-10-18)21-20(22)13-24-19-11-15(3)5-6-16(19)4/h5-11,14H,12-13H2,1-4H3,(H,21,22). The molecular weight excluding hydrogens is 302 g/mol. The van der Waals surface area contributed by atoms with Gasteiger partial charge in [-0.2, -0.15) is 0 Å². The van der Waals surface area contributed by atoms with Crippen molar-refractivity contribution in [2.45, 2.75) is 27.7 Å². The minimum Gasteiger partial charge on any atom is -0.493 e. The Labute approximate surface area is 143 Å². The molecule has 0 saturated carbocycles. The normalized spacial score (nSPS) is 10.5. The van der Waals surface area contributed by atoms with E-state index in [1.54, 1.807) is 0 Å². The van der Waals surface area contributed by atoms with Crippen LogP contribution in [0.25, 0.3) is 0 Å². The van der Waals surface area contributed by atoms with Crippen molar-refractivity contribution in [3.05, 3.63) is 53.6 Å². The molecular formula is C20H25NO3. The molecule has 4 heteroatoms. The number of ether oxygens (including phenoxy) is 2. The SMILES string of the molecule is Cc1ccc(C)c(OCC(=O)Nc2ccc(OCC(C)C)cc2)c1. The van der Waals surface area contributed by atoms with Crippen molar-refractivity contribution in [3.63, 3.8) is 0 Å². The van der Waals surface area contributed by atoms with Crippen molar-refractivity contribution in [2.24, 2.45) is 5.92 Å². The second-order valence-electron chi connectivity index (χ2n) is 6.34. The molecule has 2 aromatic carbocycles. The maximum atomic E-state index is 12.0. The highest BCUT2D eigenvalue weighted by Gasteiger charge is 2.06. The molecule has 0 aliphatic rings. The van der Waals surface area contributed by atoms with Gasteiger partial charge in [-0.15, -0.1) is 0 Å². The summed E-state index contributed by atoms with van der Waals surface area (Å²) in [7, 11) is 0. The summed E-state index contributed by atoms with van der Waals surface area (Å²) in [6, 6.07) is 13.3. The van der Waals surface area contributed by atoms with Crippen molar-refractivity contribution in [3.8, 4) is 11.5 Å². The molecule has 0 bridgehead atoms. The maximum Gasteiger partial charge on any atom is 0.262 e. The smallest absolute Gasteiger partial charge is 0.262 e. The van der Waals surface area contributed by atoms with Crippen molar-refractivity contribution in [1.82, 2.24) is 0 Å². The fourth-order valence-electron chi connectivity index (χ4n) is 2.10. The number of amides is 1. The summed E-state index contributed by atoms with van der Waals surface area (Å²) in [6.45, 7) is 8.82. The zero-order valence-electron chi connectivity index (χ0n) is 14.8. The molecule has 0 aliphatic carbocycles. The van der Waals surface area contributed by atoms with Crippen LogP contribution < -0.4 is 14.8 Å². The van der Waals surface area contributed by atoms with Gasteiger partial charge < -0.3 is 14.8 Å². The first-order valence-corrected chi connectivity index (χ1v) is 8.17. The Morgan fingerprint density at radius 1 is 1.04 bits per heavy atom. The third-order valence-electron chi connectivity index (χ3n) is 3.42. The van der Waals surface area contributed by atoms with E-state index in [4.69, 9.17) is 9.47 Å². The van der Waals surface area contributed by atoms with Crippen LogP contribution in [0, 0.1) is 19.8 Å². The molecule has 2 rings (SSSR count). The highest BCUT2D eigenvalue weighted by molar-refractivity contribution is 5.91. The van der Waals surface area contributed by atoms with Gasteiger partial charge in [0, 0.05) is 5.69 Å². The molecule has 0 atom stereocenters. The van der Waals surface area contributed by atoms with Gasteiger partial charge in [0.25, 0.3) is 5.91 Å². The predicted octanol–water partition coefficient (Wildman–Crippen LogP) is 4.36. The second-order valence-corrected chi connectivity index (χ2v) is 6.34. The molecule has 0 aliphatic heterocycles. The summed E-state index contributed by atoms with van der Waals surface area (Å²) >= 11 is 0. The summed E-state index contributed by atoms with van der Waals surface area (Å²) < 4.78 is 11.2. The molecule has 0 radical (unpaired) electrons. The number of nitrogens with one attached hydrogen (secondary N) is 1. The van der Waals surface area contributed by atoms with Gasteiger partial charge in [0.15, 0.2) is 6.61 Å². The fourth-order valence-corrected chi connectivity index (χ4v) is 2.10. The van der Waals surface area contributed by atoms with Crippen LogP contribution in [0.5, 0.6) is 11.5 Å². The first kappa shape index (κ1) is 17.9. The Balaban J connectivity index is 1.84. The molecule has 2 aromatic rings. The van der Waals surface area contributed by atoms with Gasteiger partial charge in [0.1, 0.15) is 11.5 Å². The molecule has 1 amide bonds. The molecule has 1 N–H and O–H groups in total. The Kier molecular flexibility index (Phi) is 6.24. The number of benzene rings is 2. The second kappa shape index (κ2) is 8.39. The highest BCUT2D eigenvalue weighted by atomic mass is 16.5. The monoisotopic (exact) mass is 327 g/mol. The summed E-state index contributed by atoms with van der Waals surface area (Å²) in [5, 5.41) is 2.82. The molecule has 0 saturated heterocycles. The molecule has 0 fully saturated rings. The van der Waals surface area contributed by atoms with Crippen LogP contribution in [0.2, 0.25) is 0 Å². The van der Waals surface area contributed by atoms with Crippen LogP contribution >= 0.6 is 0 Å². The molecule has 128 valence electrons. The van der Waals surface area contributed by atoms with E-state index in [2.05, 4.69) is 19.2 Å². The maximum absolute atomic E-state index is 12.0. The van der Waals surface area contributed by atoms with E-state index in [-0.39, 0.29) is 12.5 Å². The zero-order chi connectivity index (χ0) is 17.5. The third kappa shape index (κ3) is 5.61. The van der Waals surface area contributed by atoms with Gasteiger partial charge in [0.05, 0.1) is 6.61 Å². The number of anilines is 1. The van der Waals surface area contributed by atoms with E-state index < -0.39 is 0 Å². The Morgan fingerprint density at radius 3 is 2.42 bits per heavy atom.